The van der Waals surface area contributed by atoms with E-state index in [-0.39, 0.29) is 11.9 Å². The number of furan rings is 1. The van der Waals surface area contributed by atoms with Crippen LogP contribution in [-0.4, -0.2) is 36.6 Å². The van der Waals surface area contributed by atoms with Crippen LogP contribution in [0.25, 0.3) is 0 Å². The first kappa shape index (κ1) is 13.9. The van der Waals surface area contributed by atoms with Crippen LogP contribution in [0.2, 0.25) is 0 Å². The highest BCUT2D eigenvalue weighted by Gasteiger charge is 2.28. The van der Waals surface area contributed by atoms with Gasteiger partial charge in [-0.15, -0.1) is 0 Å². The van der Waals surface area contributed by atoms with Crippen molar-refractivity contribution in [2.24, 2.45) is 0 Å². The van der Waals surface area contributed by atoms with E-state index in [1.807, 2.05) is 23.1 Å². The van der Waals surface area contributed by atoms with Crippen LogP contribution in [0.15, 0.2) is 53.3 Å². The Kier molecular flexibility index (Phi) is 4.36. The molecule has 1 unspecified atom stereocenters. The van der Waals surface area contributed by atoms with Crippen molar-refractivity contribution in [2.45, 2.75) is 18.9 Å². The molecule has 110 valence electrons. The Bertz CT molecular complexity index is 559. The topological polar surface area (TPSA) is 42.7 Å². The van der Waals surface area contributed by atoms with Crippen molar-refractivity contribution in [3.63, 3.8) is 0 Å². The highest BCUT2D eigenvalue weighted by molar-refractivity contribution is 5.94. The maximum atomic E-state index is 12.6. The standard InChI is InChI=1S/C17H19NO3/c19-17(15-7-10-20-12-15)18(16-8-11-21-13-16)9-6-14-4-2-1-3-5-14/h1-5,7,10,12,16H,6,8-9,11,13H2. The fourth-order valence-electron chi connectivity index (χ4n) is 2.66. The molecule has 4 nitrogen and oxygen atoms in total. The van der Waals surface area contributed by atoms with E-state index in [2.05, 4.69) is 12.1 Å². The fourth-order valence-corrected chi connectivity index (χ4v) is 2.66. The predicted octanol–water partition coefficient (Wildman–Crippen LogP) is 2.75. The molecule has 1 aromatic heterocycles. The predicted molar refractivity (Wildman–Crippen MR) is 79.1 cm³/mol. The Balaban J connectivity index is 1.71. The molecule has 1 aliphatic rings. The number of carbonyl (C=O) groups is 1. The average Bonchev–Trinajstić information content (AvgIpc) is 3.22. The van der Waals surface area contributed by atoms with Gasteiger partial charge in [-0.25, -0.2) is 0 Å². The van der Waals surface area contributed by atoms with Gasteiger partial charge in [0, 0.05) is 13.2 Å². The van der Waals surface area contributed by atoms with Crippen LogP contribution in [-0.2, 0) is 11.2 Å². The van der Waals surface area contributed by atoms with E-state index in [4.69, 9.17) is 9.15 Å². The summed E-state index contributed by atoms with van der Waals surface area (Å²) in [6.07, 6.45) is 4.79. The lowest BCUT2D eigenvalue weighted by Crippen LogP contribution is -2.41. The summed E-state index contributed by atoms with van der Waals surface area (Å²) in [5.74, 6) is 0.0233. The Morgan fingerprint density at radius 2 is 2.10 bits per heavy atom. The van der Waals surface area contributed by atoms with Crippen LogP contribution in [0, 0.1) is 0 Å². The normalized spacial score (nSPS) is 17.8. The number of amides is 1. The summed E-state index contributed by atoms with van der Waals surface area (Å²) in [5, 5.41) is 0. The average molecular weight is 285 g/mol. The van der Waals surface area contributed by atoms with Crippen molar-refractivity contribution in [3.8, 4) is 0 Å². The molecule has 1 saturated heterocycles. The molecule has 4 heteroatoms. The second-order valence-electron chi connectivity index (χ2n) is 5.26. The molecule has 2 aromatic rings. The number of rotatable bonds is 5. The number of carbonyl (C=O) groups excluding carboxylic acids is 1. The van der Waals surface area contributed by atoms with Crippen LogP contribution in [0.1, 0.15) is 22.3 Å². The summed E-state index contributed by atoms with van der Waals surface area (Å²) in [4.78, 5) is 14.5. The van der Waals surface area contributed by atoms with E-state index in [0.29, 0.717) is 18.7 Å². The summed E-state index contributed by atoms with van der Waals surface area (Å²) < 4.78 is 10.5. The lowest BCUT2D eigenvalue weighted by molar-refractivity contribution is 0.0655. The lowest BCUT2D eigenvalue weighted by Gasteiger charge is -2.27. The lowest BCUT2D eigenvalue weighted by atomic mass is 10.1. The van der Waals surface area contributed by atoms with Gasteiger partial charge in [0.25, 0.3) is 5.91 Å². The zero-order chi connectivity index (χ0) is 14.5. The van der Waals surface area contributed by atoms with Crippen LogP contribution in [0.3, 0.4) is 0 Å². The molecule has 0 spiro atoms. The summed E-state index contributed by atoms with van der Waals surface area (Å²) in [6, 6.07) is 12.1. The molecule has 1 aromatic carbocycles. The molecular weight excluding hydrogens is 266 g/mol. The van der Waals surface area contributed by atoms with Gasteiger partial charge >= 0.3 is 0 Å². The molecular formula is C17H19NO3. The molecule has 0 saturated carbocycles. The molecule has 2 heterocycles. The maximum absolute atomic E-state index is 12.6. The van der Waals surface area contributed by atoms with Gasteiger partial charge in [0.2, 0.25) is 0 Å². The van der Waals surface area contributed by atoms with Crippen molar-refractivity contribution in [1.29, 1.82) is 0 Å². The number of hydrogen-bond acceptors (Lipinski definition) is 3. The molecule has 21 heavy (non-hydrogen) atoms. The minimum Gasteiger partial charge on any atom is -0.472 e. The van der Waals surface area contributed by atoms with Gasteiger partial charge in [-0.3, -0.25) is 4.79 Å². The van der Waals surface area contributed by atoms with Gasteiger partial charge in [-0.05, 0) is 24.5 Å². The minimum atomic E-state index is 0.0233. The first-order valence-corrected chi connectivity index (χ1v) is 7.29. The fraction of sp³-hybridized carbons (Fsp3) is 0.353. The van der Waals surface area contributed by atoms with Crippen molar-refractivity contribution in [3.05, 3.63) is 60.1 Å². The van der Waals surface area contributed by atoms with E-state index in [1.165, 1.54) is 18.1 Å². The second-order valence-corrected chi connectivity index (χ2v) is 5.26. The van der Waals surface area contributed by atoms with Crippen LogP contribution in [0.5, 0.6) is 0 Å². The van der Waals surface area contributed by atoms with Gasteiger partial charge in [-0.2, -0.15) is 0 Å². The molecule has 0 N–H and O–H groups in total. The Hall–Kier alpha value is -2.07. The third-order valence-electron chi connectivity index (χ3n) is 3.86. The smallest absolute Gasteiger partial charge is 0.257 e. The third-order valence-corrected chi connectivity index (χ3v) is 3.86. The first-order valence-electron chi connectivity index (χ1n) is 7.29. The number of nitrogens with zero attached hydrogens (tertiary/aromatic N) is 1. The van der Waals surface area contributed by atoms with Crippen molar-refractivity contribution in [2.75, 3.05) is 19.8 Å². The quantitative estimate of drug-likeness (QED) is 0.848. The van der Waals surface area contributed by atoms with E-state index >= 15 is 0 Å². The molecule has 0 bridgehead atoms. The van der Waals surface area contributed by atoms with Crippen molar-refractivity contribution < 1.29 is 13.9 Å². The number of ether oxygens (including phenoxy) is 1. The van der Waals surface area contributed by atoms with Crippen LogP contribution in [0.4, 0.5) is 0 Å². The zero-order valence-electron chi connectivity index (χ0n) is 11.9. The minimum absolute atomic E-state index is 0.0233. The molecule has 1 aliphatic heterocycles. The molecule has 1 atom stereocenters. The van der Waals surface area contributed by atoms with Gasteiger partial charge in [0.05, 0.1) is 24.5 Å². The van der Waals surface area contributed by atoms with Gasteiger partial charge in [-0.1, -0.05) is 30.3 Å². The largest absolute Gasteiger partial charge is 0.472 e. The highest BCUT2D eigenvalue weighted by Crippen LogP contribution is 2.17. The maximum Gasteiger partial charge on any atom is 0.257 e. The Morgan fingerprint density at radius 1 is 1.24 bits per heavy atom. The number of benzene rings is 1. The Morgan fingerprint density at radius 3 is 2.76 bits per heavy atom. The van der Waals surface area contributed by atoms with E-state index in [0.717, 1.165) is 19.4 Å². The molecule has 1 amide bonds. The van der Waals surface area contributed by atoms with Crippen LogP contribution >= 0.6 is 0 Å². The van der Waals surface area contributed by atoms with Gasteiger partial charge < -0.3 is 14.1 Å². The molecule has 0 radical (unpaired) electrons. The summed E-state index contributed by atoms with van der Waals surface area (Å²) in [6.45, 7) is 2.05. The summed E-state index contributed by atoms with van der Waals surface area (Å²) in [5.41, 5.74) is 1.84. The van der Waals surface area contributed by atoms with E-state index in [1.54, 1.807) is 6.07 Å². The molecule has 3 rings (SSSR count). The van der Waals surface area contributed by atoms with Crippen LogP contribution < -0.4 is 0 Å². The molecule has 0 aliphatic carbocycles. The van der Waals surface area contributed by atoms with Gasteiger partial charge in [0.15, 0.2) is 0 Å². The highest BCUT2D eigenvalue weighted by atomic mass is 16.5. The first-order chi connectivity index (χ1) is 10.3. The molecule has 1 fully saturated rings. The van der Waals surface area contributed by atoms with Gasteiger partial charge in [0.1, 0.15) is 6.26 Å². The number of hydrogen-bond donors (Lipinski definition) is 0. The summed E-state index contributed by atoms with van der Waals surface area (Å²) in [7, 11) is 0. The monoisotopic (exact) mass is 285 g/mol. The van der Waals surface area contributed by atoms with Crippen molar-refractivity contribution >= 4 is 5.91 Å². The SMILES string of the molecule is O=C(c1ccoc1)N(CCc1ccccc1)C1CCOC1. The van der Waals surface area contributed by atoms with E-state index < -0.39 is 0 Å². The van der Waals surface area contributed by atoms with E-state index in [9.17, 15) is 4.79 Å². The van der Waals surface area contributed by atoms with Crippen molar-refractivity contribution in [1.82, 2.24) is 4.90 Å². The second kappa shape index (κ2) is 6.59. The third kappa shape index (κ3) is 3.34. The Labute approximate surface area is 124 Å². The zero-order valence-corrected chi connectivity index (χ0v) is 11.9. The summed E-state index contributed by atoms with van der Waals surface area (Å²) >= 11 is 0.